The van der Waals surface area contributed by atoms with E-state index in [1.807, 2.05) is 26.0 Å². The second kappa shape index (κ2) is 4.38. The number of hydrogen-bond donors (Lipinski definition) is 0. The van der Waals surface area contributed by atoms with Gasteiger partial charge < -0.3 is 0 Å². The van der Waals surface area contributed by atoms with E-state index in [4.69, 9.17) is 11.6 Å². The number of aryl methyl sites for hydroxylation is 2. The van der Waals surface area contributed by atoms with Crippen LogP contribution in [0.5, 0.6) is 0 Å². The lowest BCUT2D eigenvalue weighted by Gasteiger charge is -2.18. The standard InChI is InChI=1S/C14H14ClN3O2/c1-8-3-4-10(5-9(8)2)18-12(19)7-14(13(18)20)6-11(15)16-17-14/h3-5,11H,6-7H2,1-2H3. The Hall–Kier alpha value is -1.75. The molecule has 1 fully saturated rings. The van der Waals surface area contributed by atoms with Crippen LogP contribution in [-0.2, 0) is 9.59 Å². The summed E-state index contributed by atoms with van der Waals surface area (Å²) in [5.41, 5.74) is 1.14. The van der Waals surface area contributed by atoms with E-state index in [-0.39, 0.29) is 18.2 Å². The Bertz CT molecular complexity index is 643. The van der Waals surface area contributed by atoms with Gasteiger partial charge in [0.25, 0.3) is 5.91 Å². The van der Waals surface area contributed by atoms with Crippen molar-refractivity contribution in [3.05, 3.63) is 29.3 Å². The molecule has 0 bridgehead atoms. The first-order chi connectivity index (χ1) is 9.43. The molecule has 0 saturated carbocycles. The van der Waals surface area contributed by atoms with E-state index >= 15 is 0 Å². The normalized spacial score (nSPS) is 28.9. The maximum absolute atomic E-state index is 12.6. The molecule has 5 nitrogen and oxygen atoms in total. The zero-order valence-corrected chi connectivity index (χ0v) is 12.0. The van der Waals surface area contributed by atoms with Crippen LogP contribution in [0.25, 0.3) is 0 Å². The summed E-state index contributed by atoms with van der Waals surface area (Å²) in [5, 5.41) is 7.78. The van der Waals surface area contributed by atoms with Gasteiger partial charge in [-0.25, -0.2) is 4.90 Å². The van der Waals surface area contributed by atoms with Crippen molar-refractivity contribution in [1.82, 2.24) is 0 Å². The predicted molar refractivity (Wildman–Crippen MR) is 74.9 cm³/mol. The Morgan fingerprint density at radius 2 is 2.05 bits per heavy atom. The minimum Gasteiger partial charge on any atom is -0.274 e. The number of imide groups is 1. The van der Waals surface area contributed by atoms with Gasteiger partial charge >= 0.3 is 0 Å². The Morgan fingerprint density at radius 3 is 2.65 bits per heavy atom. The number of carbonyl (C=O) groups is 2. The lowest BCUT2D eigenvalue weighted by Crippen LogP contribution is -2.38. The zero-order valence-electron chi connectivity index (χ0n) is 11.3. The van der Waals surface area contributed by atoms with Crippen molar-refractivity contribution in [2.24, 2.45) is 10.2 Å². The summed E-state index contributed by atoms with van der Waals surface area (Å²) in [6, 6.07) is 5.52. The van der Waals surface area contributed by atoms with Gasteiger partial charge in [-0.2, -0.15) is 10.2 Å². The van der Waals surface area contributed by atoms with E-state index in [2.05, 4.69) is 10.2 Å². The molecule has 3 rings (SSSR count). The maximum atomic E-state index is 12.6. The van der Waals surface area contributed by atoms with E-state index in [9.17, 15) is 9.59 Å². The summed E-state index contributed by atoms with van der Waals surface area (Å²) in [5.74, 6) is -0.569. The van der Waals surface area contributed by atoms with Crippen LogP contribution in [0.2, 0.25) is 0 Å². The Balaban J connectivity index is 1.99. The first kappa shape index (κ1) is 13.2. The number of alkyl halides is 1. The van der Waals surface area contributed by atoms with E-state index in [0.717, 1.165) is 11.1 Å². The second-order valence-corrected chi connectivity index (χ2v) is 5.87. The molecule has 2 unspecified atom stereocenters. The molecule has 2 heterocycles. The molecular weight excluding hydrogens is 278 g/mol. The van der Waals surface area contributed by atoms with Gasteiger partial charge in [-0.15, -0.1) is 0 Å². The number of azo groups is 1. The lowest BCUT2D eigenvalue weighted by atomic mass is 9.95. The van der Waals surface area contributed by atoms with Crippen molar-refractivity contribution >= 4 is 29.1 Å². The van der Waals surface area contributed by atoms with Gasteiger partial charge in [-0.05, 0) is 37.1 Å². The second-order valence-electron chi connectivity index (χ2n) is 5.37. The van der Waals surface area contributed by atoms with Crippen LogP contribution in [-0.4, -0.2) is 22.9 Å². The average molecular weight is 292 g/mol. The highest BCUT2D eigenvalue weighted by atomic mass is 35.5. The van der Waals surface area contributed by atoms with Crippen LogP contribution in [0.15, 0.2) is 28.4 Å². The number of halogens is 1. The fraction of sp³-hybridized carbons (Fsp3) is 0.429. The minimum absolute atomic E-state index is 0.0471. The molecule has 6 heteroatoms. The van der Waals surface area contributed by atoms with E-state index in [1.54, 1.807) is 6.07 Å². The third kappa shape index (κ3) is 1.85. The van der Waals surface area contributed by atoms with Crippen LogP contribution in [0.1, 0.15) is 24.0 Å². The molecule has 2 amide bonds. The van der Waals surface area contributed by atoms with Crippen molar-refractivity contribution in [2.75, 3.05) is 4.90 Å². The highest BCUT2D eigenvalue weighted by Crippen LogP contribution is 2.40. The SMILES string of the molecule is Cc1ccc(N2C(=O)CC3(CC(Cl)N=N3)C2=O)cc1C. The maximum Gasteiger partial charge on any atom is 0.264 e. The highest BCUT2D eigenvalue weighted by molar-refractivity contribution is 6.26. The third-order valence-electron chi connectivity index (χ3n) is 3.92. The molecule has 104 valence electrons. The van der Waals surface area contributed by atoms with Crippen molar-refractivity contribution in [3.63, 3.8) is 0 Å². The quantitative estimate of drug-likeness (QED) is 0.454. The van der Waals surface area contributed by atoms with Gasteiger partial charge in [0.1, 0.15) is 5.50 Å². The van der Waals surface area contributed by atoms with Crippen molar-refractivity contribution in [3.8, 4) is 0 Å². The number of anilines is 1. The molecule has 0 N–H and O–H groups in total. The Morgan fingerprint density at radius 1 is 1.30 bits per heavy atom. The first-order valence-corrected chi connectivity index (χ1v) is 6.87. The van der Waals surface area contributed by atoms with Crippen molar-refractivity contribution in [2.45, 2.75) is 37.7 Å². The fourth-order valence-electron chi connectivity index (χ4n) is 2.62. The van der Waals surface area contributed by atoms with Crippen LogP contribution in [0.4, 0.5) is 5.69 Å². The molecule has 1 aromatic carbocycles. The van der Waals surface area contributed by atoms with Crippen molar-refractivity contribution in [1.29, 1.82) is 0 Å². The number of hydrogen-bond acceptors (Lipinski definition) is 4. The van der Waals surface area contributed by atoms with E-state index in [1.165, 1.54) is 4.90 Å². The smallest absolute Gasteiger partial charge is 0.264 e. The van der Waals surface area contributed by atoms with Gasteiger partial charge in [0, 0.05) is 6.42 Å². The molecule has 1 spiro atoms. The lowest BCUT2D eigenvalue weighted by molar-refractivity contribution is -0.122. The fourth-order valence-corrected chi connectivity index (χ4v) is 2.92. The molecule has 0 aliphatic carbocycles. The van der Waals surface area contributed by atoms with Gasteiger partial charge in [0.05, 0.1) is 12.1 Å². The number of benzene rings is 1. The molecule has 20 heavy (non-hydrogen) atoms. The number of nitrogens with zero attached hydrogens (tertiary/aromatic N) is 3. The van der Waals surface area contributed by atoms with Crippen LogP contribution in [0, 0.1) is 13.8 Å². The van der Waals surface area contributed by atoms with Gasteiger partial charge in [-0.1, -0.05) is 17.7 Å². The van der Waals surface area contributed by atoms with E-state index < -0.39 is 11.0 Å². The largest absolute Gasteiger partial charge is 0.274 e. The number of rotatable bonds is 1. The molecule has 2 aliphatic heterocycles. The van der Waals surface area contributed by atoms with Gasteiger partial charge in [0.2, 0.25) is 5.91 Å². The number of carbonyl (C=O) groups excluding carboxylic acids is 2. The number of amides is 2. The van der Waals surface area contributed by atoms with Crippen LogP contribution >= 0.6 is 11.6 Å². The third-order valence-corrected chi connectivity index (χ3v) is 4.17. The van der Waals surface area contributed by atoms with Crippen LogP contribution in [0.3, 0.4) is 0 Å². The predicted octanol–water partition coefficient (Wildman–Crippen LogP) is 2.73. The Labute approximate surface area is 121 Å². The van der Waals surface area contributed by atoms with E-state index in [0.29, 0.717) is 12.1 Å². The highest BCUT2D eigenvalue weighted by Gasteiger charge is 2.56. The van der Waals surface area contributed by atoms with Gasteiger partial charge in [-0.3, -0.25) is 9.59 Å². The monoisotopic (exact) mass is 291 g/mol. The molecular formula is C14H14ClN3O2. The van der Waals surface area contributed by atoms with Gasteiger partial charge in [0.15, 0.2) is 5.54 Å². The Kier molecular flexibility index (Phi) is 2.90. The molecule has 2 aliphatic rings. The molecule has 2 atom stereocenters. The van der Waals surface area contributed by atoms with Crippen molar-refractivity contribution < 1.29 is 9.59 Å². The first-order valence-electron chi connectivity index (χ1n) is 6.44. The summed E-state index contributed by atoms with van der Waals surface area (Å²) in [6.07, 6.45) is 0.339. The summed E-state index contributed by atoms with van der Waals surface area (Å²) in [6.45, 7) is 3.93. The summed E-state index contributed by atoms with van der Waals surface area (Å²) in [7, 11) is 0. The topological polar surface area (TPSA) is 62.1 Å². The van der Waals surface area contributed by atoms with Crippen LogP contribution < -0.4 is 4.90 Å². The summed E-state index contributed by atoms with van der Waals surface area (Å²) >= 11 is 5.89. The molecule has 0 radical (unpaired) electrons. The minimum atomic E-state index is -1.08. The molecule has 0 aromatic heterocycles. The zero-order chi connectivity index (χ0) is 14.5. The summed E-state index contributed by atoms with van der Waals surface area (Å²) < 4.78 is 0. The average Bonchev–Trinajstić information content (AvgIpc) is 2.86. The molecule has 1 aromatic rings. The summed E-state index contributed by atoms with van der Waals surface area (Å²) in [4.78, 5) is 26.0. The molecule has 1 saturated heterocycles.